The van der Waals surface area contributed by atoms with Gasteiger partial charge in [0.2, 0.25) is 0 Å². The molecule has 3 atom stereocenters. The van der Waals surface area contributed by atoms with Crippen molar-refractivity contribution >= 4 is 0 Å². The van der Waals surface area contributed by atoms with Crippen molar-refractivity contribution in [3.05, 3.63) is 35.3 Å². The van der Waals surface area contributed by atoms with Crippen LogP contribution in [-0.2, 0) is 4.74 Å². The maximum absolute atomic E-state index is 5.98. The molecule has 146 valence electrons. The molecular formula is C23H38N2O. The summed E-state index contributed by atoms with van der Waals surface area (Å²) in [6.45, 7) is 9.86. The third kappa shape index (κ3) is 4.73. The molecule has 0 bridgehead atoms. The van der Waals surface area contributed by atoms with Gasteiger partial charge in [-0.1, -0.05) is 25.0 Å². The Bertz CT molecular complexity index is 544. The van der Waals surface area contributed by atoms with E-state index in [1.807, 2.05) is 0 Å². The van der Waals surface area contributed by atoms with Crippen LogP contribution in [0.3, 0.4) is 0 Å². The van der Waals surface area contributed by atoms with Gasteiger partial charge in [0.1, 0.15) is 0 Å². The first-order valence-corrected chi connectivity index (χ1v) is 11.0. The predicted molar refractivity (Wildman–Crippen MR) is 110 cm³/mol. The quantitative estimate of drug-likeness (QED) is 0.606. The van der Waals surface area contributed by atoms with E-state index in [1.54, 1.807) is 5.57 Å². The number of fused-ring (bicyclic) bond motifs is 1. The van der Waals surface area contributed by atoms with Crippen molar-refractivity contribution in [1.29, 1.82) is 0 Å². The van der Waals surface area contributed by atoms with E-state index in [-0.39, 0.29) is 0 Å². The van der Waals surface area contributed by atoms with Crippen molar-refractivity contribution in [3.8, 4) is 0 Å². The summed E-state index contributed by atoms with van der Waals surface area (Å²) >= 11 is 0. The SMILES string of the molecule is CCCCOC1=CC[C@@H]2NC(C3=CC=C(N(CC)CC)CC3)CC[C@@H]2C1. The first kappa shape index (κ1) is 19.5. The van der Waals surface area contributed by atoms with Crippen LogP contribution >= 0.6 is 0 Å². The molecule has 26 heavy (non-hydrogen) atoms. The number of hydrogen-bond acceptors (Lipinski definition) is 3. The summed E-state index contributed by atoms with van der Waals surface area (Å²) < 4.78 is 5.98. The summed E-state index contributed by atoms with van der Waals surface area (Å²) in [4.78, 5) is 2.49. The zero-order chi connectivity index (χ0) is 18.4. The van der Waals surface area contributed by atoms with Gasteiger partial charge in [0.15, 0.2) is 0 Å². The van der Waals surface area contributed by atoms with Crippen LogP contribution in [0.15, 0.2) is 35.3 Å². The fourth-order valence-electron chi connectivity index (χ4n) is 4.75. The van der Waals surface area contributed by atoms with Crippen LogP contribution in [0, 0.1) is 5.92 Å². The molecule has 1 fully saturated rings. The number of nitrogens with zero attached hydrogens (tertiary/aromatic N) is 1. The lowest BCUT2D eigenvalue weighted by molar-refractivity contribution is 0.148. The molecule has 0 amide bonds. The van der Waals surface area contributed by atoms with Gasteiger partial charge in [-0.3, -0.25) is 0 Å². The molecule has 2 aliphatic carbocycles. The second-order valence-corrected chi connectivity index (χ2v) is 8.05. The first-order chi connectivity index (χ1) is 12.7. The first-order valence-electron chi connectivity index (χ1n) is 11.0. The molecule has 0 aromatic carbocycles. The Morgan fingerprint density at radius 1 is 1.12 bits per heavy atom. The summed E-state index contributed by atoms with van der Waals surface area (Å²) in [6.07, 6.45) is 16.8. The number of ether oxygens (including phenoxy) is 1. The molecular weight excluding hydrogens is 320 g/mol. The molecule has 1 saturated heterocycles. The Morgan fingerprint density at radius 3 is 2.65 bits per heavy atom. The summed E-state index contributed by atoms with van der Waals surface area (Å²) in [5, 5.41) is 3.97. The highest BCUT2D eigenvalue weighted by Gasteiger charge is 2.34. The molecule has 1 aliphatic heterocycles. The molecule has 3 aliphatic rings. The van der Waals surface area contributed by atoms with Crippen LogP contribution in [0.2, 0.25) is 0 Å². The van der Waals surface area contributed by atoms with Gasteiger partial charge >= 0.3 is 0 Å². The minimum absolute atomic E-state index is 0.585. The van der Waals surface area contributed by atoms with E-state index in [2.05, 4.69) is 49.2 Å². The summed E-state index contributed by atoms with van der Waals surface area (Å²) in [7, 11) is 0. The van der Waals surface area contributed by atoms with Gasteiger partial charge in [-0.2, -0.15) is 0 Å². The highest BCUT2D eigenvalue weighted by atomic mass is 16.5. The van der Waals surface area contributed by atoms with Gasteiger partial charge in [0.05, 0.1) is 12.4 Å². The van der Waals surface area contributed by atoms with Crippen LogP contribution in [0.25, 0.3) is 0 Å². The number of piperidine rings is 1. The van der Waals surface area contributed by atoms with Gasteiger partial charge in [0.25, 0.3) is 0 Å². The zero-order valence-electron chi connectivity index (χ0n) is 17.1. The summed E-state index contributed by atoms with van der Waals surface area (Å²) in [5.41, 5.74) is 3.13. The number of nitrogens with one attached hydrogen (secondary N) is 1. The largest absolute Gasteiger partial charge is 0.498 e. The highest BCUT2D eigenvalue weighted by molar-refractivity contribution is 5.28. The standard InChI is InChI=1S/C23H38N2O/c1-4-7-16-26-21-13-15-23-19(17-21)10-14-22(24-23)18-8-11-20(12-9-18)25(5-2)6-3/h8,11,13,19,22-24H,4-7,9-10,12,14-17H2,1-3H3/t19-,22?,23+/m1/s1. The molecule has 0 spiro atoms. The lowest BCUT2D eigenvalue weighted by Crippen LogP contribution is -2.49. The molecule has 1 unspecified atom stereocenters. The molecule has 1 N–H and O–H groups in total. The number of allylic oxidation sites excluding steroid dienone is 4. The van der Waals surface area contributed by atoms with E-state index in [4.69, 9.17) is 4.74 Å². The van der Waals surface area contributed by atoms with E-state index in [0.717, 1.165) is 38.5 Å². The minimum atomic E-state index is 0.585. The number of rotatable bonds is 8. The van der Waals surface area contributed by atoms with Gasteiger partial charge in [-0.05, 0) is 70.4 Å². The highest BCUT2D eigenvalue weighted by Crippen LogP contribution is 2.36. The van der Waals surface area contributed by atoms with Crippen molar-refractivity contribution in [1.82, 2.24) is 10.2 Å². The monoisotopic (exact) mass is 358 g/mol. The molecule has 1 heterocycles. The third-order valence-corrected chi connectivity index (χ3v) is 6.44. The predicted octanol–water partition coefficient (Wildman–Crippen LogP) is 5.16. The Labute approximate surface area is 160 Å². The molecule has 0 radical (unpaired) electrons. The molecule has 3 heteroatoms. The Morgan fingerprint density at radius 2 is 1.96 bits per heavy atom. The van der Waals surface area contributed by atoms with Gasteiger partial charge in [-0.25, -0.2) is 0 Å². The van der Waals surface area contributed by atoms with Crippen LogP contribution in [0.4, 0.5) is 0 Å². The summed E-state index contributed by atoms with van der Waals surface area (Å²) in [6, 6.07) is 1.23. The van der Waals surface area contributed by atoms with Crippen molar-refractivity contribution in [3.63, 3.8) is 0 Å². The van der Waals surface area contributed by atoms with Gasteiger partial charge < -0.3 is 15.0 Å². The average Bonchev–Trinajstić information content (AvgIpc) is 2.69. The fourth-order valence-corrected chi connectivity index (χ4v) is 4.75. The number of unbranched alkanes of at least 4 members (excludes halogenated alkanes) is 1. The van der Waals surface area contributed by atoms with E-state index in [1.165, 1.54) is 50.0 Å². The van der Waals surface area contributed by atoms with E-state index in [0.29, 0.717) is 12.1 Å². The lowest BCUT2D eigenvalue weighted by Gasteiger charge is -2.41. The second kappa shape index (κ2) is 9.64. The van der Waals surface area contributed by atoms with Crippen molar-refractivity contribution in [2.45, 2.75) is 84.2 Å². The normalized spacial score (nSPS) is 28.6. The van der Waals surface area contributed by atoms with Crippen molar-refractivity contribution in [2.24, 2.45) is 5.92 Å². The third-order valence-electron chi connectivity index (χ3n) is 6.44. The van der Waals surface area contributed by atoms with E-state index in [9.17, 15) is 0 Å². The smallest absolute Gasteiger partial charge is 0.0923 e. The van der Waals surface area contributed by atoms with Crippen LogP contribution in [0.1, 0.15) is 72.1 Å². The second-order valence-electron chi connectivity index (χ2n) is 8.05. The van der Waals surface area contributed by atoms with E-state index < -0.39 is 0 Å². The number of hydrogen-bond donors (Lipinski definition) is 1. The van der Waals surface area contributed by atoms with Crippen LogP contribution < -0.4 is 5.32 Å². The van der Waals surface area contributed by atoms with Crippen molar-refractivity contribution in [2.75, 3.05) is 19.7 Å². The van der Waals surface area contributed by atoms with Crippen LogP contribution in [0.5, 0.6) is 0 Å². The van der Waals surface area contributed by atoms with Crippen LogP contribution in [-0.4, -0.2) is 36.7 Å². The lowest BCUT2D eigenvalue weighted by atomic mass is 9.77. The summed E-state index contributed by atoms with van der Waals surface area (Å²) in [5.74, 6) is 2.02. The van der Waals surface area contributed by atoms with E-state index >= 15 is 0 Å². The van der Waals surface area contributed by atoms with Gasteiger partial charge in [-0.15, -0.1) is 0 Å². The maximum Gasteiger partial charge on any atom is 0.0923 e. The Balaban J connectivity index is 1.55. The molecule has 0 aromatic rings. The Hall–Kier alpha value is -1.22. The minimum Gasteiger partial charge on any atom is -0.498 e. The molecule has 0 aromatic heterocycles. The topological polar surface area (TPSA) is 24.5 Å². The van der Waals surface area contributed by atoms with Gasteiger partial charge in [0, 0.05) is 37.3 Å². The zero-order valence-corrected chi connectivity index (χ0v) is 17.1. The molecule has 3 nitrogen and oxygen atoms in total. The fraction of sp³-hybridized carbons (Fsp3) is 0.739. The Kier molecular flexibility index (Phi) is 7.24. The molecule has 3 rings (SSSR count). The van der Waals surface area contributed by atoms with Crippen molar-refractivity contribution < 1.29 is 4.74 Å². The average molecular weight is 359 g/mol. The maximum atomic E-state index is 5.98. The molecule has 0 saturated carbocycles.